The molecule has 0 fully saturated rings. The van der Waals surface area contributed by atoms with Gasteiger partial charge in [0.05, 0.1) is 22.7 Å². The molecule has 0 spiro atoms. The maximum absolute atomic E-state index is 13.1. The number of hydrogen-bond acceptors (Lipinski definition) is 5. The number of nitrogen functional groups attached to an aromatic ring is 1. The van der Waals surface area contributed by atoms with Gasteiger partial charge >= 0.3 is 0 Å². The lowest BCUT2D eigenvalue weighted by molar-refractivity contribution is 0.102. The van der Waals surface area contributed by atoms with E-state index in [1.54, 1.807) is 24.3 Å². The van der Waals surface area contributed by atoms with Crippen molar-refractivity contribution in [1.29, 1.82) is 0 Å². The Hall–Kier alpha value is -3.74. The van der Waals surface area contributed by atoms with Crippen LogP contribution in [-0.2, 0) is 0 Å². The molecule has 3 aromatic carbocycles. The van der Waals surface area contributed by atoms with Gasteiger partial charge in [-0.25, -0.2) is 4.39 Å². The zero-order chi connectivity index (χ0) is 20.1. The Labute approximate surface area is 162 Å². The first-order chi connectivity index (χ1) is 13.4. The third-order valence-corrected chi connectivity index (χ3v) is 4.04. The number of azo groups is 1. The second kappa shape index (κ2) is 8.30. The van der Waals surface area contributed by atoms with Crippen LogP contribution < -0.4 is 16.0 Å². The van der Waals surface area contributed by atoms with E-state index in [4.69, 9.17) is 5.73 Å². The van der Waals surface area contributed by atoms with Gasteiger partial charge in [0, 0.05) is 25.3 Å². The standard InChI is InChI=1S/C21H20FN5O/c1-27(2)18-10-8-17(9-11-18)26-25-16-6-3-14(4-7-16)21(28)24-20-12-5-15(22)13-19(20)23/h3-13H,23H2,1-2H3,(H,24,28). The zero-order valence-corrected chi connectivity index (χ0v) is 15.6. The quantitative estimate of drug-likeness (QED) is 0.477. The fraction of sp³-hybridized carbons (Fsp3) is 0.0952. The fourth-order valence-electron chi connectivity index (χ4n) is 2.45. The minimum Gasteiger partial charge on any atom is -0.397 e. The summed E-state index contributed by atoms with van der Waals surface area (Å²) in [7, 11) is 3.94. The highest BCUT2D eigenvalue weighted by atomic mass is 19.1. The van der Waals surface area contributed by atoms with E-state index in [1.807, 2.05) is 43.3 Å². The third-order valence-electron chi connectivity index (χ3n) is 4.04. The van der Waals surface area contributed by atoms with Crippen LogP contribution in [0, 0.1) is 5.82 Å². The number of nitrogens with two attached hydrogens (primary N) is 1. The molecule has 0 bridgehead atoms. The summed E-state index contributed by atoms with van der Waals surface area (Å²) in [5, 5.41) is 11.0. The third kappa shape index (κ3) is 4.70. The molecule has 0 aliphatic carbocycles. The van der Waals surface area contributed by atoms with E-state index in [-0.39, 0.29) is 11.6 Å². The highest BCUT2D eigenvalue weighted by molar-refractivity contribution is 6.05. The van der Waals surface area contributed by atoms with Crippen molar-refractivity contribution in [2.24, 2.45) is 10.2 Å². The number of carbonyl (C=O) groups excluding carboxylic acids is 1. The van der Waals surface area contributed by atoms with Crippen molar-refractivity contribution in [1.82, 2.24) is 0 Å². The van der Waals surface area contributed by atoms with Crippen LogP contribution in [0.5, 0.6) is 0 Å². The summed E-state index contributed by atoms with van der Waals surface area (Å²) in [6, 6.07) is 18.2. The van der Waals surface area contributed by atoms with Crippen molar-refractivity contribution >= 4 is 34.3 Å². The summed E-state index contributed by atoms with van der Waals surface area (Å²) in [5.41, 5.74) is 9.09. The first kappa shape index (κ1) is 19.0. The lowest BCUT2D eigenvalue weighted by Crippen LogP contribution is -2.13. The zero-order valence-electron chi connectivity index (χ0n) is 15.6. The molecule has 0 atom stereocenters. The summed E-state index contributed by atoms with van der Waals surface area (Å²) in [5.74, 6) is -0.803. The monoisotopic (exact) mass is 377 g/mol. The van der Waals surface area contributed by atoms with Crippen molar-refractivity contribution in [3.8, 4) is 0 Å². The number of benzene rings is 3. The first-order valence-electron chi connectivity index (χ1n) is 8.58. The molecule has 1 amide bonds. The van der Waals surface area contributed by atoms with Crippen LogP contribution in [0.15, 0.2) is 77.0 Å². The van der Waals surface area contributed by atoms with Crippen LogP contribution in [0.2, 0.25) is 0 Å². The maximum Gasteiger partial charge on any atom is 0.255 e. The smallest absolute Gasteiger partial charge is 0.255 e. The summed E-state index contributed by atoms with van der Waals surface area (Å²) in [6.45, 7) is 0. The lowest BCUT2D eigenvalue weighted by atomic mass is 10.2. The number of carbonyl (C=O) groups is 1. The topological polar surface area (TPSA) is 83.1 Å². The number of hydrogen-bond donors (Lipinski definition) is 2. The average molecular weight is 377 g/mol. The molecule has 0 radical (unpaired) electrons. The summed E-state index contributed by atoms with van der Waals surface area (Å²) < 4.78 is 13.1. The van der Waals surface area contributed by atoms with Crippen LogP contribution >= 0.6 is 0 Å². The number of nitrogens with one attached hydrogen (secondary N) is 1. The highest BCUT2D eigenvalue weighted by Gasteiger charge is 2.08. The Morgan fingerprint density at radius 1 is 0.929 bits per heavy atom. The molecule has 7 heteroatoms. The van der Waals surface area contributed by atoms with Crippen molar-refractivity contribution in [2.75, 3.05) is 30.0 Å². The molecule has 0 saturated heterocycles. The van der Waals surface area contributed by atoms with Gasteiger partial charge in [-0.2, -0.15) is 10.2 Å². The van der Waals surface area contributed by atoms with Crippen molar-refractivity contribution in [3.05, 3.63) is 78.1 Å². The van der Waals surface area contributed by atoms with Gasteiger partial charge in [0.2, 0.25) is 0 Å². The Morgan fingerprint density at radius 3 is 2.04 bits per heavy atom. The van der Waals surface area contributed by atoms with E-state index in [9.17, 15) is 9.18 Å². The Balaban J connectivity index is 1.66. The number of amides is 1. The molecule has 0 unspecified atom stereocenters. The molecule has 6 nitrogen and oxygen atoms in total. The Kier molecular flexibility index (Phi) is 5.64. The van der Waals surface area contributed by atoms with Gasteiger partial charge in [0.15, 0.2) is 0 Å². The van der Waals surface area contributed by atoms with Crippen molar-refractivity contribution in [3.63, 3.8) is 0 Å². The minimum atomic E-state index is -0.457. The normalized spacial score (nSPS) is 10.8. The molecule has 0 heterocycles. The molecule has 28 heavy (non-hydrogen) atoms. The molecule has 3 aromatic rings. The maximum atomic E-state index is 13.1. The first-order valence-corrected chi connectivity index (χ1v) is 8.58. The molecular weight excluding hydrogens is 357 g/mol. The van der Waals surface area contributed by atoms with Gasteiger partial charge < -0.3 is 16.0 Å². The van der Waals surface area contributed by atoms with Crippen molar-refractivity contribution < 1.29 is 9.18 Å². The lowest BCUT2D eigenvalue weighted by Gasteiger charge is -2.11. The van der Waals surface area contributed by atoms with E-state index in [0.29, 0.717) is 16.9 Å². The predicted molar refractivity (Wildman–Crippen MR) is 110 cm³/mol. The van der Waals surface area contributed by atoms with Crippen LogP contribution in [0.1, 0.15) is 10.4 Å². The largest absolute Gasteiger partial charge is 0.397 e. The van der Waals surface area contributed by atoms with Crippen LogP contribution in [-0.4, -0.2) is 20.0 Å². The van der Waals surface area contributed by atoms with Gasteiger partial charge in [-0.3, -0.25) is 4.79 Å². The summed E-state index contributed by atoms with van der Waals surface area (Å²) in [6.07, 6.45) is 0. The molecule has 3 rings (SSSR count). The SMILES string of the molecule is CN(C)c1ccc(N=Nc2ccc(C(=O)Nc3ccc(F)cc3N)cc2)cc1. The van der Waals surface area contributed by atoms with Gasteiger partial charge in [-0.15, -0.1) is 0 Å². The van der Waals surface area contributed by atoms with Crippen LogP contribution in [0.4, 0.5) is 32.8 Å². The van der Waals surface area contributed by atoms with E-state index < -0.39 is 5.82 Å². The molecular formula is C21H20FN5O. The number of nitrogens with zero attached hydrogens (tertiary/aromatic N) is 3. The van der Waals surface area contributed by atoms with Gasteiger partial charge in [-0.1, -0.05) is 0 Å². The molecule has 142 valence electrons. The number of anilines is 3. The number of halogens is 1. The van der Waals surface area contributed by atoms with E-state index in [1.165, 1.54) is 12.1 Å². The van der Waals surface area contributed by atoms with Gasteiger partial charge in [-0.05, 0) is 66.7 Å². The fourth-order valence-corrected chi connectivity index (χ4v) is 2.45. The second-order valence-electron chi connectivity index (χ2n) is 6.34. The summed E-state index contributed by atoms with van der Waals surface area (Å²) in [4.78, 5) is 14.3. The average Bonchev–Trinajstić information content (AvgIpc) is 2.69. The summed E-state index contributed by atoms with van der Waals surface area (Å²) >= 11 is 0. The van der Waals surface area contributed by atoms with E-state index >= 15 is 0 Å². The van der Waals surface area contributed by atoms with E-state index in [0.717, 1.165) is 17.4 Å². The van der Waals surface area contributed by atoms with Crippen LogP contribution in [0.25, 0.3) is 0 Å². The minimum absolute atomic E-state index is 0.166. The number of rotatable bonds is 5. The molecule has 3 N–H and O–H groups in total. The molecule has 0 aromatic heterocycles. The molecule has 0 aliphatic rings. The Bertz CT molecular complexity index is 998. The Morgan fingerprint density at radius 2 is 1.50 bits per heavy atom. The molecule has 0 saturated carbocycles. The molecule has 0 aliphatic heterocycles. The second-order valence-corrected chi connectivity index (χ2v) is 6.34. The van der Waals surface area contributed by atoms with Gasteiger partial charge in [0.1, 0.15) is 5.82 Å². The van der Waals surface area contributed by atoms with E-state index in [2.05, 4.69) is 15.5 Å². The van der Waals surface area contributed by atoms with Gasteiger partial charge in [0.25, 0.3) is 5.91 Å². The van der Waals surface area contributed by atoms with Crippen molar-refractivity contribution in [2.45, 2.75) is 0 Å². The predicted octanol–water partition coefficient (Wildman–Crippen LogP) is 5.14. The van der Waals surface area contributed by atoms with Crippen LogP contribution in [0.3, 0.4) is 0 Å². The highest BCUT2D eigenvalue weighted by Crippen LogP contribution is 2.23.